The zero-order valence-electron chi connectivity index (χ0n) is 21.5. The van der Waals surface area contributed by atoms with E-state index in [-0.39, 0.29) is 30.8 Å². The van der Waals surface area contributed by atoms with Crippen LogP contribution in [0.2, 0.25) is 0 Å². The van der Waals surface area contributed by atoms with Crippen molar-refractivity contribution < 1.29 is 22.7 Å². The van der Waals surface area contributed by atoms with Gasteiger partial charge in [-0.2, -0.15) is 13.2 Å². The summed E-state index contributed by atoms with van der Waals surface area (Å²) in [5.41, 5.74) is 0.736. The van der Waals surface area contributed by atoms with Crippen molar-refractivity contribution in [1.29, 1.82) is 0 Å². The van der Waals surface area contributed by atoms with E-state index in [0.717, 1.165) is 17.4 Å². The number of hydrogen-bond acceptors (Lipinski definition) is 5. The standard InChI is InChI=1S/C29H26F3N5O3/c1-40-21-13-11-19(12-14-21)17-33-27-34-24-15-16-36(18-22(24)26(38)37(27)20-7-3-2-4-8-20)28(39)35-25-10-6-5-9-23(25)29(30,31)32/h2-14H,15-18H2,1H3,(H,33,34)(H,35,39). The topological polar surface area (TPSA) is 88.5 Å². The number of amides is 2. The third-order valence-corrected chi connectivity index (χ3v) is 6.62. The average Bonchev–Trinajstić information content (AvgIpc) is 2.96. The van der Waals surface area contributed by atoms with Crippen molar-refractivity contribution in [2.24, 2.45) is 0 Å². The molecule has 0 fully saturated rings. The smallest absolute Gasteiger partial charge is 0.418 e. The number of para-hydroxylation sites is 2. The summed E-state index contributed by atoms with van der Waals surface area (Å²) in [5.74, 6) is 1.08. The van der Waals surface area contributed by atoms with Crippen molar-refractivity contribution in [1.82, 2.24) is 14.5 Å². The maximum atomic E-state index is 13.8. The molecule has 0 unspecified atom stereocenters. The number of carbonyl (C=O) groups excluding carboxylic acids is 1. The van der Waals surface area contributed by atoms with Crippen molar-refractivity contribution in [2.45, 2.75) is 25.7 Å². The molecule has 1 aliphatic rings. The maximum absolute atomic E-state index is 13.8. The second-order valence-corrected chi connectivity index (χ2v) is 9.18. The number of nitrogens with zero attached hydrogens (tertiary/aromatic N) is 3. The predicted octanol–water partition coefficient (Wildman–Crippen LogP) is 5.46. The largest absolute Gasteiger partial charge is 0.497 e. The van der Waals surface area contributed by atoms with Crippen LogP contribution in [-0.4, -0.2) is 34.1 Å². The molecule has 40 heavy (non-hydrogen) atoms. The van der Waals surface area contributed by atoms with Crippen molar-refractivity contribution in [2.75, 3.05) is 24.3 Å². The molecule has 1 aliphatic heterocycles. The van der Waals surface area contributed by atoms with Gasteiger partial charge in [0.2, 0.25) is 5.95 Å². The maximum Gasteiger partial charge on any atom is 0.418 e. The van der Waals surface area contributed by atoms with Gasteiger partial charge in [-0.25, -0.2) is 14.3 Å². The van der Waals surface area contributed by atoms with Crippen LogP contribution in [0.5, 0.6) is 5.75 Å². The Kier molecular flexibility index (Phi) is 7.45. The van der Waals surface area contributed by atoms with Crippen LogP contribution in [0.3, 0.4) is 0 Å². The zero-order chi connectivity index (χ0) is 28.3. The third kappa shape index (κ3) is 5.63. The number of benzene rings is 3. The second-order valence-electron chi connectivity index (χ2n) is 9.18. The number of anilines is 2. The number of aromatic nitrogens is 2. The zero-order valence-corrected chi connectivity index (χ0v) is 21.5. The van der Waals surface area contributed by atoms with Gasteiger partial charge in [0.1, 0.15) is 5.75 Å². The van der Waals surface area contributed by atoms with Gasteiger partial charge < -0.3 is 20.3 Å². The number of halogens is 3. The molecular formula is C29H26F3N5O3. The first-order valence-corrected chi connectivity index (χ1v) is 12.5. The number of nitrogens with one attached hydrogen (secondary N) is 2. The monoisotopic (exact) mass is 549 g/mol. The molecule has 4 aromatic rings. The van der Waals surface area contributed by atoms with E-state index >= 15 is 0 Å². The van der Waals surface area contributed by atoms with Gasteiger partial charge in [-0.3, -0.25) is 4.79 Å². The molecule has 11 heteroatoms. The molecule has 206 valence electrons. The van der Waals surface area contributed by atoms with Gasteiger partial charge in [-0.15, -0.1) is 0 Å². The molecule has 5 rings (SSSR count). The van der Waals surface area contributed by atoms with Gasteiger partial charge >= 0.3 is 12.2 Å². The molecule has 0 atom stereocenters. The average molecular weight is 550 g/mol. The predicted molar refractivity (Wildman–Crippen MR) is 145 cm³/mol. The fourth-order valence-electron chi connectivity index (χ4n) is 4.54. The molecule has 0 bridgehead atoms. The summed E-state index contributed by atoms with van der Waals surface area (Å²) in [6.07, 6.45) is -4.35. The van der Waals surface area contributed by atoms with E-state index in [1.165, 1.54) is 27.7 Å². The van der Waals surface area contributed by atoms with E-state index in [2.05, 4.69) is 10.6 Å². The summed E-state index contributed by atoms with van der Waals surface area (Å²) in [5, 5.41) is 5.61. The Morgan fingerprint density at radius 2 is 1.70 bits per heavy atom. The highest BCUT2D eigenvalue weighted by atomic mass is 19.4. The summed E-state index contributed by atoms with van der Waals surface area (Å²) in [6, 6.07) is 20.5. The quantitative estimate of drug-likeness (QED) is 0.334. The minimum atomic E-state index is -4.62. The van der Waals surface area contributed by atoms with E-state index in [9.17, 15) is 22.8 Å². The van der Waals surface area contributed by atoms with Crippen LogP contribution < -0.4 is 20.9 Å². The van der Waals surface area contributed by atoms with Crippen molar-refractivity contribution >= 4 is 17.7 Å². The van der Waals surface area contributed by atoms with Crippen LogP contribution in [-0.2, 0) is 25.7 Å². The van der Waals surface area contributed by atoms with Crippen LogP contribution >= 0.6 is 0 Å². The number of fused-ring (bicyclic) bond motifs is 1. The first kappa shape index (κ1) is 26.8. The van der Waals surface area contributed by atoms with Crippen LogP contribution in [0, 0.1) is 0 Å². The number of hydrogen-bond donors (Lipinski definition) is 2. The Bertz CT molecular complexity index is 1570. The molecule has 0 saturated heterocycles. The van der Waals surface area contributed by atoms with Gasteiger partial charge in [-0.05, 0) is 42.0 Å². The Labute approximate surface area is 228 Å². The number of urea groups is 1. The summed E-state index contributed by atoms with van der Waals surface area (Å²) in [4.78, 5) is 32.9. The van der Waals surface area contributed by atoms with Crippen LogP contribution in [0.15, 0.2) is 83.7 Å². The lowest BCUT2D eigenvalue weighted by molar-refractivity contribution is -0.136. The highest BCUT2D eigenvalue weighted by Gasteiger charge is 2.34. The molecule has 8 nitrogen and oxygen atoms in total. The van der Waals surface area contributed by atoms with Crippen molar-refractivity contribution in [3.63, 3.8) is 0 Å². The van der Waals surface area contributed by atoms with Gasteiger partial charge in [0.25, 0.3) is 5.56 Å². The van der Waals surface area contributed by atoms with E-state index in [1.54, 1.807) is 31.4 Å². The minimum Gasteiger partial charge on any atom is -0.497 e. The molecule has 3 aromatic carbocycles. The van der Waals surface area contributed by atoms with Crippen LogP contribution in [0.1, 0.15) is 22.4 Å². The Balaban J connectivity index is 1.43. The summed E-state index contributed by atoms with van der Waals surface area (Å²) < 4.78 is 46.9. The Hall–Kier alpha value is -4.80. The molecule has 0 spiro atoms. The molecule has 0 aliphatic carbocycles. The molecule has 2 amide bonds. The summed E-state index contributed by atoms with van der Waals surface area (Å²) in [7, 11) is 1.59. The van der Waals surface area contributed by atoms with Gasteiger partial charge in [0, 0.05) is 19.5 Å². The number of alkyl halides is 3. The van der Waals surface area contributed by atoms with E-state index in [1.807, 2.05) is 30.3 Å². The lowest BCUT2D eigenvalue weighted by atomic mass is 10.1. The van der Waals surface area contributed by atoms with Gasteiger partial charge in [0.05, 0.1) is 41.9 Å². The fourth-order valence-corrected chi connectivity index (χ4v) is 4.54. The lowest BCUT2D eigenvalue weighted by Crippen LogP contribution is -2.43. The highest BCUT2D eigenvalue weighted by molar-refractivity contribution is 5.90. The Morgan fingerprint density at radius 1 is 1.00 bits per heavy atom. The van der Waals surface area contributed by atoms with Crippen LogP contribution in [0.25, 0.3) is 5.69 Å². The van der Waals surface area contributed by atoms with Crippen molar-refractivity contribution in [3.05, 3.63) is 112 Å². The Morgan fingerprint density at radius 3 is 2.40 bits per heavy atom. The molecule has 0 radical (unpaired) electrons. The number of rotatable bonds is 6. The summed E-state index contributed by atoms with van der Waals surface area (Å²) >= 11 is 0. The van der Waals surface area contributed by atoms with E-state index < -0.39 is 17.8 Å². The van der Waals surface area contributed by atoms with E-state index in [0.29, 0.717) is 29.4 Å². The molecule has 2 N–H and O–H groups in total. The SMILES string of the molecule is COc1ccc(CNc2nc3c(c(=O)n2-c2ccccc2)CN(C(=O)Nc2ccccc2C(F)(F)F)CC3)cc1. The third-order valence-electron chi connectivity index (χ3n) is 6.62. The first-order valence-electron chi connectivity index (χ1n) is 12.5. The molecule has 1 aromatic heterocycles. The summed E-state index contributed by atoms with van der Waals surface area (Å²) in [6.45, 7) is 0.495. The number of ether oxygens (including phenoxy) is 1. The molecule has 2 heterocycles. The van der Waals surface area contributed by atoms with Crippen molar-refractivity contribution in [3.8, 4) is 11.4 Å². The lowest BCUT2D eigenvalue weighted by Gasteiger charge is -2.29. The van der Waals surface area contributed by atoms with Gasteiger partial charge in [0.15, 0.2) is 0 Å². The normalized spacial score (nSPS) is 12.9. The molecule has 0 saturated carbocycles. The number of carbonyl (C=O) groups is 1. The fraction of sp³-hybridized carbons (Fsp3) is 0.207. The first-order chi connectivity index (χ1) is 19.2. The minimum absolute atomic E-state index is 0.0905. The van der Waals surface area contributed by atoms with Gasteiger partial charge in [-0.1, -0.05) is 42.5 Å². The highest BCUT2D eigenvalue weighted by Crippen LogP contribution is 2.34. The van der Waals surface area contributed by atoms with E-state index in [4.69, 9.17) is 9.72 Å². The van der Waals surface area contributed by atoms with Crippen LogP contribution in [0.4, 0.5) is 29.6 Å². The second kappa shape index (κ2) is 11.1. The molecular weight excluding hydrogens is 523 g/mol. The number of methoxy groups -OCH3 is 1.